The Labute approximate surface area is 168 Å². The third-order valence-electron chi connectivity index (χ3n) is 5.07. The van der Waals surface area contributed by atoms with Crippen molar-refractivity contribution in [2.45, 2.75) is 18.4 Å². The SMILES string of the molecule is Cc1ccc(S(=O)(=O)N2CCN(Cc3c(C(=O)O)cnn3C)CC2)cc1C(=O)O. The molecule has 11 heteroatoms. The molecular weight excluding hydrogens is 400 g/mol. The fraction of sp³-hybridized carbons (Fsp3) is 0.389. The maximum Gasteiger partial charge on any atom is 0.339 e. The molecule has 1 aromatic heterocycles. The van der Waals surface area contributed by atoms with Crippen LogP contribution >= 0.6 is 0 Å². The average molecular weight is 422 g/mol. The van der Waals surface area contributed by atoms with Crippen LogP contribution in [-0.2, 0) is 23.6 Å². The predicted molar refractivity (Wildman–Crippen MR) is 102 cm³/mol. The van der Waals surface area contributed by atoms with E-state index in [0.29, 0.717) is 30.9 Å². The van der Waals surface area contributed by atoms with Crippen LogP contribution in [0, 0.1) is 6.92 Å². The molecule has 1 aliphatic rings. The Morgan fingerprint density at radius 1 is 1.07 bits per heavy atom. The number of aryl methyl sites for hydroxylation is 2. The molecule has 2 heterocycles. The first kappa shape index (κ1) is 21.0. The Hall–Kier alpha value is -2.76. The third-order valence-corrected chi connectivity index (χ3v) is 6.97. The third kappa shape index (κ3) is 4.16. The largest absolute Gasteiger partial charge is 0.478 e. The van der Waals surface area contributed by atoms with Crippen LogP contribution in [0.5, 0.6) is 0 Å². The molecular formula is C18H22N4O6S. The van der Waals surface area contributed by atoms with Gasteiger partial charge in [-0.1, -0.05) is 6.07 Å². The summed E-state index contributed by atoms with van der Waals surface area (Å²) in [6, 6.07) is 4.09. The van der Waals surface area contributed by atoms with Crippen LogP contribution in [0.2, 0.25) is 0 Å². The molecule has 1 saturated heterocycles. The van der Waals surface area contributed by atoms with Crippen molar-refractivity contribution in [2.75, 3.05) is 26.2 Å². The summed E-state index contributed by atoms with van der Waals surface area (Å²) in [6.45, 7) is 3.24. The number of hydrogen-bond acceptors (Lipinski definition) is 6. The van der Waals surface area contributed by atoms with Crippen molar-refractivity contribution in [3.8, 4) is 0 Å². The molecule has 3 rings (SSSR count). The topological polar surface area (TPSA) is 133 Å². The van der Waals surface area contributed by atoms with Crippen molar-refractivity contribution in [1.29, 1.82) is 0 Å². The number of benzene rings is 1. The smallest absolute Gasteiger partial charge is 0.339 e. The van der Waals surface area contributed by atoms with E-state index in [1.165, 1.54) is 33.4 Å². The van der Waals surface area contributed by atoms with Crippen molar-refractivity contribution < 1.29 is 28.2 Å². The highest BCUT2D eigenvalue weighted by molar-refractivity contribution is 7.89. The first-order chi connectivity index (χ1) is 13.6. The van der Waals surface area contributed by atoms with Crippen molar-refractivity contribution in [3.63, 3.8) is 0 Å². The minimum atomic E-state index is -3.82. The van der Waals surface area contributed by atoms with E-state index in [-0.39, 0.29) is 29.1 Å². The number of sulfonamides is 1. The summed E-state index contributed by atoms with van der Waals surface area (Å²) in [5, 5.41) is 22.5. The highest BCUT2D eigenvalue weighted by atomic mass is 32.2. The molecule has 0 aliphatic carbocycles. The predicted octanol–water partition coefficient (Wildman–Crippen LogP) is 0.631. The quantitative estimate of drug-likeness (QED) is 0.693. The molecule has 2 N–H and O–H groups in total. The van der Waals surface area contributed by atoms with Crippen LogP contribution in [0.15, 0.2) is 29.3 Å². The molecule has 0 bridgehead atoms. The zero-order valence-electron chi connectivity index (χ0n) is 16.1. The second-order valence-corrected chi connectivity index (χ2v) is 8.83. The number of aromatic carboxylic acids is 2. The first-order valence-corrected chi connectivity index (χ1v) is 10.4. The Balaban J connectivity index is 1.72. The van der Waals surface area contributed by atoms with Gasteiger partial charge in [0.15, 0.2) is 0 Å². The second kappa shape index (κ2) is 7.93. The van der Waals surface area contributed by atoms with E-state index >= 15 is 0 Å². The normalized spacial score (nSPS) is 16.1. The second-order valence-electron chi connectivity index (χ2n) is 6.90. The van der Waals surface area contributed by atoms with E-state index in [4.69, 9.17) is 0 Å². The molecule has 29 heavy (non-hydrogen) atoms. The molecule has 2 aromatic rings. The van der Waals surface area contributed by atoms with Gasteiger partial charge in [0.05, 0.1) is 22.3 Å². The number of nitrogens with zero attached hydrogens (tertiary/aromatic N) is 4. The van der Waals surface area contributed by atoms with Gasteiger partial charge in [0.25, 0.3) is 0 Å². The van der Waals surface area contributed by atoms with E-state index in [2.05, 4.69) is 5.10 Å². The van der Waals surface area contributed by atoms with E-state index in [1.807, 2.05) is 4.90 Å². The summed E-state index contributed by atoms with van der Waals surface area (Å²) in [4.78, 5) is 24.5. The summed E-state index contributed by atoms with van der Waals surface area (Å²) in [6.07, 6.45) is 1.30. The van der Waals surface area contributed by atoms with Crippen LogP contribution in [0.1, 0.15) is 32.0 Å². The molecule has 0 unspecified atom stereocenters. The van der Waals surface area contributed by atoms with E-state index in [9.17, 15) is 28.2 Å². The molecule has 1 aliphatic heterocycles. The number of hydrogen-bond donors (Lipinski definition) is 2. The van der Waals surface area contributed by atoms with Crippen LogP contribution in [0.3, 0.4) is 0 Å². The molecule has 0 saturated carbocycles. The van der Waals surface area contributed by atoms with Gasteiger partial charge >= 0.3 is 11.9 Å². The van der Waals surface area contributed by atoms with Crippen molar-refractivity contribution in [3.05, 3.63) is 46.8 Å². The molecule has 0 spiro atoms. The highest BCUT2D eigenvalue weighted by Gasteiger charge is 2.30. The van der Waals surface area contributed by atoms with Gasteiger partial charge in [0.1, 0.15) is 5.56 Å². The summed E-state index contributed by atoms with van der Waals surface area (Å²) >= 11 is 0. The summed E-state index contributed by atoms with van der Waals surface area (Å²) in [7, 11) is -2.15. The van der Waals surface area contributed by atoms with Crippen LogP contribution < -0.4 is 0 Å². The lowest BCUT2D eigenvalue weighted by molar-refractivity contribution is 0.0683. The number of carboxylic acids is 2. The van der Waals surface area contributed by atoms with Crippen LogP contribution in [0.25, 0.3) is 0 Å². The minimum absolute atomic E-state index is 0.0397. The zero-order valence-corrected chi connectivity index (χ0v) is 16.9. The van der Waals surface area contributed by atoms with E-state index in [0.717, 1.165) is 0 Å². The Bertz CT molecular complexity index is 1050. The molecule has 0 radical (unpaired) electrons. The van der Waals surface area contributed by atoms with Gasteiger partial charge in [0.2, 0.25) is 10.0 Å². The van der Waals surface area contributed by atoms with Gasteiger partial charge in [-0.2, -0.15) is 9.40 Å². The van der Waals surface area contributed by atoms with E-state index in [1.54, 1.807) is 14.0 Å². The lowest BCUT2D eigenvalue weighted by atomic mass is 10.1. The number of carbonyl (C=O) groups is 2. The number of carboxylic acid groups (broad SMARTS) is 2. The maximum absolute atomic E-state index is 12.9. The zero-order chi connectivity index (χ0) is 21.3. The molecule has 10 nitrogen and oxygen atoms in total. The monoisotopic (exact) mass is 422 g/mol. The molecule has 0 amide bonds. The van der Waals surface area contributed by atoms with Crippen LogP contribution in [-0.4, -0.2) is 75.7 Å². The number of rotatable bonds is 6. The summed E-state index contributed by atoms with van der Waals surface area (Å²) < 4.78 is 28.7. The highest BCUT2D eigenvalue weighted by Crippen LogP contribution is 2.22. The van der Waals surface area contributed by atoms with Crippen molar-refractivity contribution in [1.82, 2.24) is 19.0 Å². The Kier molecular flexibility index (Phi) is 5.73. The van der Waals surface area contributed by atoms with Gasteiger partial charge in [-0.25, -0.2) is 18.0 Å². The fourth-order valence-corrected chi connectivity index (χ4v) is 4.76. The fourth-order valence-electron chi connectivity index (χ4n) is 3.31. The van der Waals surface area contributed by atoms with Gasteiger partial charge in [-0.3, -0.25) is 9.58 Å². The molecule has 1 fully saturated rings. The Morgan fingerprint density at radius 2 is 1.69 bits per heavy atom. The van der Waals surface area contributed by atoms with Crippen molar-refractivity contribution >= 4 is 22.0 Å². The first-order valence-electron chi connectivity index (χ1n) is 8.92. The van der Waals surface area contributed by atoms with Gasteiger partial charge in [-0.15, -0.1) is 0 Å². The molecule has 0 atom stereocenters. The average Bonchev–Trinajstić information content (AvgIpc) is 3.03. The lowest BCUT2D eigenvalue weighted by Crippen LogP contribution is -2.48. The number of aromatic nitrogens is 2. The Morgan fingerprint density at radius 3 is 2.28 bits per heavy atom. The number of piperazine rings is 1. The van der Waals surface area contributed by atoms with Gasteiger partial charge in [0, 0.05) is 39.8 Å². The van der Waals surface area contributed by atoms with E-state index < -0.39 is 22.0 Å². The van der Waals surface area contributed by atoms with Gasteiger partial charge < -0.3 is 10.2 Å². The van der Waals surface area contributed by atoms with Gasteiger partial charge in [-0.05, 0) is 24.6 Å². The van der Waals surface area contributed by atoms with Crippen LogP contribution in [0.4, 0.5) is 0 Å². The molecule has 1 aromatic carbocycles. The lowest BCUT2D eigenvalue weighted by Gasteiger charge is -2.34. The van der Waals surface area contributed by atoms with Crippen molar-refractivity contribution in [2.24, 2.45) is 7.05 Å². The minimum Gasteiger partial charge on any atom is -0.478 e. The summed E-state index contributed by atoms with van der Waals surface area (Å²) in [5.74, 6) is -2.22. The maximum atomic E-state index is 12.9. The molecule has 156 valence electrons. The standard InChI is InChI=1S/C18H22N4O6S/c1-12-3-4-13(9-14(12)17(23)24)29(27,28)22-7-5-21(6-8-22)11-16-15(18(25)26)10-19-20(16)2/h3-4,9-10H,5-8,11H2,1-2H3,(H,23,24)(H,25,26). The summed E-state index contributed by atoms with van der Waals surface area (Å²) in [5.41, 5.74) is 1.13.